The lowest BCUT2D eigenvalue weighted by atomic mass is 9.63. The Morgan fingerprint density at radius 1 is 1.21 bits per heavy atom. The largest absolute Gasteiger partial charge is 0.488 e. The van der Waals surface area contributed by atoms with Crippen LogP contribution in [0.3, 0.4) is 0 Å². The number of piperidine rings is 3. The second-order valence-corrected chi connectivity index (χ2v) is 6.91. The van der Waals surface area contributed by atoms with E-state index in [0.29, 0.717) is 23.1 Å². The van der Waals surface area contributed by atoms with Crippen LogP contribution in [0.5, 0.6) is 5.75 Å². The van der Waals surface area contributed by atoms with Gasteiger partial charge in [0.15, 0.2) is 0 Å². The minimum absolute atomic E-state index is 0.314. The lowest BCUT2D eigenvalue weighted by Gasteiger charge is -2.59. The fourth-order valence-electron chi connectivity index (χ4n) is 4.57. The molecule has 0 amide bonds. The molecule has 3 aliphatic heterocycles. The molecule has 2 atom stereocenters. The number of halogens is 1. The Balaban J connectivity index is 1.55. The smallest absolute Gasteiger partial charge is 0.481 e. The van der Waals surface area contributed by atoms with Gasteiger partial charge in [0.2, 0.25) is 0 Å². The standard InChI is InChI=1S/C14H17BClN2O/c15-18-6-9-3-10(7-18)14(11(4-9)8-18)19-12-1-2-13(16)17-5-12/h1-2,5,9-11,14H,3-4,6-8H2/q+1. The summed E-state index contributed by atoms with van der Waals surface area (Å²) in [4.78, 5) is 4.09. The van der Waals surface area contributed by atoms with Gasteiger partial charge in [-0.3, -0.25) is 0 Å². The molecule has 1 aromatic heterocycles. The Morgan fingerprint density at radius 2 is 1.95 bits per heavy atom. The summed E-state index contributed by atoms with van der Waals surface area (Å²) in [5, 5.41) is 0.509. The number of quaternary nitrogens is 1. The van der Waals surface area contributed by atoms with Gasteiger partial charge in [-0.15, -0.1) is 0 Å². The van der Waals surface area contributed by atoms with Gasteiger partial charge in [0.25, 0.3) is 0 Å². The fourth-order valence-corrected chi connectivity index (χ4v) is 4.68. The molecule has 4 heterocycles. The maximum absolute atomic E-state index is 6.45. The first-order valence-corrected chi connectivity index (χ1v) is 7.42. The zero-order valence-electron chi connectivity index (χ0n) is 10.8. The van der Waals surface area contributed by atoms with Crippen LogP contribution in [-0.4, -0.2) is 43.1 Å². The Labute approximate surface area is 119 Å². The van der Waals surface area contributed by atoms with E-state index in [-0.39, 0.29) is 0 Å². The van der Waals surface area contributed by atoms with E-state index in [1.165, 1.54) is 19.4 Å². The molecule has 19 heavy (non-hydrogen) atoms. The molecule has 0 aromatic carbocycles. The summed E-state index contributed by atoms with van der Waals surface area (Å²) in [6.45, 7) is 3.31. The molecule has 4 aliphatic rings. The van der Waals surface area contributed by atoms with E-state index >= 15 is 0 Å². The molecule has 5 rings (SSSR count). The summed E-state index contributed by atoms with van der Waals surface area (Å²) < 4.78 is 6.98. The second kappa shape index (κ2) is 4.13. The summed E-state index contributed by atoms with van der Waals surface area (Å²) in [6.07, 6.45) is 4.59. The van der Waals surface area contributed by atoms with E-state index < -0.39 is 0 Å². The molecule has 5 heteroatoms. The molecule has 4 bridgehead atoms. The Morgan fingerprint density at radius 3 is 2.53 bits per heavy atom. The molecule has 0 N–H and O–H groups in total. The zero-order chi connectivity index (χ0) is 13.0. The monoisotopic (exact) mass is 275 g/mol. The van der Waals surface area contributed by atoms with Crippen LogP contribution in [0.1, 0.15) is 12.8 Å². The number of hydrogen-bond donors (Lipinski definition) is 0. The van der Waals surface area contributed by atoms with Crippen molar-refractivity contribution in [3.63, 3.8) is 0 Å². The molecule has 98 valence electrons. The minimum atomic E-state index is 0.314. The highest BCUT2D eigenvalue weighted by molar-refractivity contribution is 6.29. The molecular weight excluding hydrogens is 258 g/mol. The van der Waals surface area contributed by atoms with Crippen molar-refractivity contribution in [2.24, 2.45) is 17.8 Å². The zero-order valence-corrected chi connectivity index (χ0v) is 11.6. The van der Waals surface area contributed by atoms with Crippen molar-refractivity contribution >= 4 is 19.6 Å². The van der Waals surface area contributed by atoms with Gasteiger partial charge in [-0.25, -0.2) is 4.98 Å². The van der Waals surface area contributed by atoms with Crippen molar-refractivity contribution in [1.82, 2.24) is 4.98 Å². The van der Waals surface area contributed by atoms with Gasteiger partial charge in [0, 0.05) is 17.8 Å². The van der Waals surface area contributed by atoms with Gasteiger partial charge < -0.3 is 9.13 Å². The van der Waals surface area contributed by atoms with Crippen LogP contribution in [0, 0.1) is 17.8 Å². The highest BCUT2D eigenvalue weighted by Gasteiger charge is 2.55. The molecule has 3 nitrogen and oxygen atoms in total. The van der Waals surface area contributed by atoms with Gasteiger partial charge in [-0.05, 0) is 25.0 Å². The first kappa shape index (κ1) is 12.0. The van der Waals surface area contributed by atoms with Crippen molar-refractivity contribution in [1.29, 1.82) is 0 Å². The number of nitrogens with zero attached hydrogens (tertiary/aromatic N) is 2. The predicted molar refractivity (Wildman–Crippen MR) is 74.0 cm³/mol. The normalized spacial score (nSPS) is 43.4. The average Bonchev–Trinajstić information content (AvgIpc) is 2.34. The minimum Gasteiger partial charge on any atom is -0.488 e. The van der Waals surface area contributed by atoms with Crippen LogP contribution < -0.4 is 4.74 Å². The van der Waals surface area contributed by atoms with E-state index in [1.54, 1.807) is 12.3 Å². The molecule has 1 saturated carbocycles. The molecular formula is C14H17BClN2O+. The summed E-state index contributed by atoms with van der Waals surface area (Å²) in [7, 11) is 6.45. The molecule has 2 radical (unpaired) electrons. The van der Waals surface area contributed by atoms with Gasteiger partial charge in [0.05, 0.1) is 25.8 Å². The summed E-state index contributed by atoms with van der Waals surface area (Å²) >= 11 is 5.81. The van der Waals surface area contributed by atoms with Crippen molar-refractivity contribution < 1.29 is 9.13 Å². The number of ether oxygens (including phenoxy) is 1. The van der Waals surface area contributed by atoms with E-state index in [9.17, 15) is 0 Å². The first-order chi connectivity index (χ1) is 9.11. The molecule has 0 spiro atoms. The fraction of sp³-hybridized carbons (Fsp3) is 0.643. The Hall–Kier alpha value is -0.735. The van der Waals surface area contributed by atoms with Crippen molar-refractivity contribution in [3.8, 4) is 5.75 Å². The van der Waals surface area contributed by atoms with Crippen LogP contribution in [0.2, 0.25) is 5.15 Å². The predicted octanol–water partition coefficient (Wildman–Crippen LogP) is 2.05. The van der Waals surface area contributed by atoms with E-state index in [1.807, 2.05) is 6.07 Å². The lowest BCUT2D eigenvalue weighted by Crippen LogP contribution is -2.70. The quantitative estimate of drug-likeness (QED) is 0.609. The third-order valence-electron chi connectivity index (χ3n) is 4.99. The molecule has 1 aliphatic carbocycles. The van der Waals surface area contributed by atoms with Gasteiger partial charge >= 0.3 is 7.98 Å². The average molecular weight is 276 g/mol. The van der Waals surface area contributed by atoms with Crippen molar-refractivity contribution in [2.75, 3.05) is 19.6 Å². The SMILES string of the molecule is [B][N+]12CC3CC(C1)C(Oc1ccc(Cl)nc1)C(C3)C2. The highest BCUT2D eigenvalue weighted by atomic mass is 35.5. The third-order valence-corrected chi connectivity index (χ3v) is 5.22. The number of hydrogen-bond acceptors (Lipinski definition) is 2. The van der Waals surface area contributed by atoms with Crippen molar-refractivity contribution in [2.45, 2.75) is 18.9 Å². The Kier molecular flexibility index (Phi) is 2.62. The summed E-state index contributed by atoms with van der Waals surface area (Å²) in [5.41, 5.74) is 0. The number of rotatable bonds is 2. The molecule has 3 saturated heterocycles. The molecule has 4 fully saturated rings. The number of aromatic nitrogens is 1. The molecule has 1 aromatic rings. The van der Waals surface area contributed by atoms with Crippen LogP contribution in [0.4, 0.5) is 0 Å². The van der Waals surface area contributed by atoms with E-state index in [4.69, 9.17) is 24.3 Å². The van der Waals surface area contributed by atoms with E-state index in [0.717, 1.165) is 29.2 Å². The van der Waals surface area contributed by atoms with Gasteiger partial charge in [-0.1, -0.05) is 11.6 Å². The van der Waals surface area contributed by atoms with E-state index in [2.05, 4.69) is 4.98 Å². The lowest BCUT2D eigenvalue weighted by molar-refractivity contribution is -0.852. The van der Waals surface area contributed by atoms with Gasteiger partial charge in [0.1, 0.15) is 17.0 Å². The topological polar surface area (TPSA) is 22.1 Å². The van der Waals surface area contributed by atoms with Crippen LogP contribution in [0.15, 0.2) is 18.3 Å². The van der Waals surface area contributed by atoms with Crippen molar-refractivity contribution in [3.05, 3.63) is 23.5 Å². The summed E-state index contributed by atoms with van der Waals surface area (Å²) in [6, 6.07) is 3.70. The molecule has 2 unspecified atom stereocenters. The second-order valence-electron chi connectivity index (χ2n) is 6.52. The number of pyridine rings is 1. The third kappa shape index (κ3) is 2.05. The highest BCUT2D eigenvalue weighted by Crippen LogP contribution is 2.47. The van der Waals surface area contributed by atoms with Crippen LogP contribution >= 0.6 is 11.6 Å². The van der Waals surface area contributed by atoms with Crippen LogP contribution in [0.25, 0.3) is 0 Å². The maximum atomic E-state index is 6.45. The van der Waals surface area contributed by atoms with Gasteiger partial charge in [-0.2, -0.15) is 0 Å². The first-order valence-electron chi connectivity index (χ1n) is 7.04. The maximum Gasteiger partial charge on any atom is 0.481 e. The van der Waals surface area contributed by atoms with Crippen LogP contribution in [-0.2, 0) is 0 Å². The summed E-state index contributed by atoms with van der Waals surface area (Å²) in [5.74, 6) is 2.85. The Bertz CT molecular complexity index is 479.